The van der Waals surface area contributed by atoms with Gasteiger partial charge in [-0.15, -0.1) is 0 Å². The summed E-state index contributed by atoms with van der Waals surface area (Å²) in [6, 6.07) is 11.9. The SMILES string of the molecule is CCc1ccc(CC2PNC(=O)C=C2C)cc1Oc1cc(C)cc(C#N)n1. The van der Waals surface area contributed by atoms with Gasteiger partial charge in [0.15, 0.2) is 0 Å². The van der Waals surface area contributed by atoms with Crippen molar-refractivity contribution in [1.29, 1.82) is 5.26 Å². The van der Waals surface area contributed by atoms with Crippen LogP contribution in [0.25, 0.3) is 0 Å². The molecular formula is C21H22N3O2P. The van der Waals surface area contributed by atoms with Crippen molar-refractivity contribution in [1.82, 2.24) is 10.1 Å². The van der Waals surface area contributed by atoms with Crippen LogP contribution in [-0.2, 0) is 17.6 Å². The largest absolute Gasteiger partial charge is 0.439 e. The van der Waals surface area contributed by atoms with Gasteiger partial charge in [0.25, 0.3) is 0 Å². The van der Waals surface area contributed by atoms with E-state index >= 15 is 0 Å². The van der Waals surface area contributed by atoms with Crippen LogP contribution < -0.4 is 9.82 Å². The molecule has 138 valence electrons. The Hall–Kier alpha value is -2.70. The third-order valence-corrected chi connectivity index (χ3v) is 5.90. The molecule has 6 heteroatoms. The topological polar surface area (TPSA) is 75.0 Å². The van der Waals surface area contributed by atoms with Gasteiger partial charge in [-0.2, -0.15) is 5.26 Å². The van der Waals surface area contributed by atoms with Gasteiger partial charge in [0.05, 0.1) is 0 Å². The minimum Gasteiger partial charge on any atom is -0.439 e. The lowest BCUT2D eigenvalue weighted by Gasteiger charge is -2.22. The molecule has 1 aromatic carbocycles. The zero-order valence-corrected chi connectivity index (χ0v) is 16.7. The second kappa shape index (κ2) is 8.33. The Morgan fingerprint density at radius 1 is 1.30 bits per heavy atom. The van der Waals surface area contributed by atoms with Crippen molar-refractivity contribution in [2.75, 3.05) is 0 Å². The molecule has 2 aromatic rings. The van der Waals surface area contributed by atoms with Gasteiger partial charge in [0.1, 0.15) is 17.5 Å². The van der Waals surface area contributed by atoms with Crippen molar-refractivity contribution in [3.05, 3.63) is 64.4 Å². The predicted octanol–water partition coefficient (Wildman–Crippen LogP) is 4.20. The number of hydrogen-bond acceptors (Lipinski definition) is 4. The smallest absolute Gasteiger partial charge is 0.246 e. The number of nitrogens with zero attached hydrogens (tertiary/aromatic N) is 2. The number of amides is 1. The summed E-state index contributed by atoms with van der Waals surface area (Å²) in [7, 11) is 0.386. The summed E-state index contributed by atoms with van der Waals surface area (Å²) in [5.41, 5.74) is 4.94. The van der Waals surface area contributed by atoms with E-state index in [2.05, 4.69) is 35.2 Å². The highest BCUT2D eigenvalue weighted by Gasteiger charge is 2.19. The van der Waals surface area contributed by atoms with E-state index < -0.39 is 0 Å². The van der Waals surface area contributed by atoms with E-state index in [0.717, 1.165) is 40.9 Å². The van der Waals surface area contributed by atoms with Gasteiger partial charge in [-0.1, -0.05) is 24.6 Å². The molecule has 1 aromatic heterocycles. The summed E-state index contributed by atoms with van der Waals surface area (Å²) >= 11 is 0. The molecular weight excluding hydrogens is 357 g/mol. The van der Waals surface area contributed by atoms with Crippen LogP contribution in [0.4, 0.5) is 0 Å². The zero-order chi connectivity index (χ0) is 19.4. The molecule has 0 fully saturated rings. The molecule has 1 aliphatic heterocycles. The monoisotopic (exact) mass is 379 g/mol. The van der Waals surface area contributed by atoms with Gasteiger partial charge in [-0.05, 0) is 64.2 Å². The van der Waals surface area contributed by atoms with Crippen molar-refractivity contribution in [2.24, 2.45) is 0 Å². The van der Waals surface area contributed by atoms with Crippen LogP contribution in [0.3, 0.4) is 0 Å². The summed E-state index contributed by atoms with van der Waals surface area (Å²) in [4.78, 5) is 15.7. The average Bonchev–Trinajstić information content (AvgIpc) is 2.64. The van der Waals surface area contributed by atoms with Crippen molar-refractivity contribution in [2.45, 2.75) is 39.3 Å². The van der Waals surface area contributed by atoms with E-state index in [1.54, 1.807) is 12.1 Å². The molecule has 0 bridgehead atoms. The lowest BCUT2D eigenvalue weighted by molar-refractivity contribution is -0.114. The molecule has 1 aliphatic rings. The highest BCUT2D eigenvalue weighted by atomic mass is 31.1. The number of hydrogen-bond donors (Lipinski definition) is 1. The van der Waals surface area contributed by atoms with Crippen molar-refractivity contribution >= 4 is 14.6 Å². The highest BCUT2D eigenvalue weighted by Crippen LogP contribution is 2.32. The summed E-state index contributed by atoms with van der Waals surface area (Å²) in [5.74, 6) is 1.19. The van der Waals surface area contributed by atoms with E-state index in [0.29, 0.717) is 26.0 Å². The Morgan fingerprint density at radius 3 is 2.81 bits per heavy atom. The van der Waals surface area contributed by atoms with E-state index in [-0.39, 0.29) is 5.91 Å². The number of pyridine rings is 1. The van der Waals surface area contributed by atoms with Crippen LogP contribution in [0.15, 0.2) is 42.0 Å². The number of ether oxygens (including phenoxy) is 1. The fourth-order valence-electron chi connectivity index (χ4n) is 3.03. The normalized spacial score (nSPS) is 17.2. The molecule has 2 unspecified atom stereocenters. The lowest BCUT2D eigenvalue weighted by atomic mass is 10.0. The van der Waals surface area contributed by atoms with Gasteiger partial charge in [-0.3, -0.25) is 4.79 Å². The predicted molar refractivity (Wildman–Crippen MR) is 107 cm³/mol. The Kier molecular flexibility index (Phi) is 5.88. The fourth-order valence-corrected chi connectivity index (χ4v) is 4.07. The molecule has 3 rings (SSSR count). The van der Waals surface area contributed by atoms with Crippen molar-refractivity contribution < 1.29 is 9.53 Å². The lowest BCUT2D eigenvalue weighted by Crippen LogP contribution is -2.24. The molecule has 2 heterocycles. The molecule has 0 radical (unpaired) electrons. The molecule has 0 aliphatic carbocycles. The number of nitriles is 1. The van der Waals surface area contributed by atoms with Gasteiger partial charge < -0.3 is 9.82 Å². The van der Waals surface area contributed by atoms with Gasteiger partial charge in [0, 0.05) is 17.8 Å². The van der Waals surface area contributed by atoms with Gasteiger partial charge >= 0.3 is 0 Å². The van der Waals surface area contributed by atoms with E-state index in [1.807, 2.05) is 26.0 Å². The first-order valence-corrected chi connectivity index (χ1v) is 9.98. The number of benzene rings is 1. The second-order valence-corrected chi connectivity index (χ2v) is 7.89. The zero-order valence-electron chi connectivity index (χ0n) is 15.7. The number of carbonyl (C=O) groups excluding carboxylic acids is 1. The fraction of sp³-hybridized carbons (Fsp3) is 0.286. The van der Waals surface area contributed by atoms with Crippen LogP contribution in [0, 0.1) is 18.3 Å². The standard InChI is InChI=1S/C21H22N3O2P/c1-4-16-6-5-15(11-19-14(3)9-20(25)24-27-19)10-18(16)26-21-8-13(2)7-17(12-22)23-21/h5-10,19,27H,4,11H2,1-3H3,(H,24,25). The maximum atomic E-state index is 11.5. The van der Waals surface area contributed by atoms with Crippen LogP contribution in [0.5, 0.6) is 11.6 Å². The Balaban J connectivity index is 1.86. The summed E-state index contributed by atoms with van der Waals surface area (Å²) in [6.07, 6.45) is 3.36. The van der Waals surface area contributed by atoms with E-state index in [1.165, 1.54) is 0 Å². The van der Waals surface area contributed by atoms with Crippen LogP contribution in [0.2, 0.25) is 0 Å². The average molecular weight is 379 g/mol. The minimum absolute atomic E-state index is 0.00810. The molecule has 1 N–H and O–H groups in total. The summed E-state index contributed by atoms with van der Waals surface area (Å²) < 4.78 is 6.05. The van der Waals surface area contributed by atoms with Crippen molar-refractivity contribution in [3.8, 4) is 17.7 Å². The molecule has 1 amide bonds. The summed E-state index contributed by atoms with van der Waals surface area (Å²) in [5, 5.41) is 12.0. The number of allylic oxidation sites excluding steroid dienone is 1. The van der Waals surface area contributed by atoms with Crippen LogP contribution >= 0.6 is 8.73 Å². The first kappa shape index (κ1) is 19.1. The highest BCUT2D eigenvalue weighted by molar-refractivity contribution is 7.38. The Labute approximate surface area is 161 Å². The molecule has 5 nitrogen and oxygen atoms in total. The van der Waals surface area contributed by atoms with Crippen LogP contribution in [-0.4, -0.2) is 16.6 Å². The van der Waals surface area contributed by atoms with Crippen molar-refractivity contribution in [3.63, 3.8) is 0 Å². The van der Waals surface area contributed by atoms with Gasteiger partial charge in [-0.25, -0.2) is 4.98 Å². The number of rotatable bonds is 5. The Morgan fingerprint density at radius 2 is 2.11 bits per heavy atom. The van der Waals surface area contributed by atoms with Crippen LogP contribution in [0.1, 0.15) is 36.2 Å². The second-order valence-electron chi connectivity index (χ2n) is 6.66. The maximum absolute atomic E-state index is 11.5. The van der Waals surface area contributed by atoms with E-state index in [4.69, 9.17) is 10.00 Å². The number of carbonyl (C=O) groups is 1. The number of nitrogens with one attached hydrogen (secondary N) is 1. The third kappa shape index (κ3) is 4.72. The molecule has 0 saturated carbocycles. The third-order valence-electron chi connectivity index (χ3n) is 4.51. The van der Waals surface area contributed by atoms with E-state index in [9.17, 15) is 4.79 Å². The first-order valence-electron chi connectivity index (χ1n) is 8.90. The molecule has 27 heavy (non-hydrogen) atoms. The minimum atomic E-state index is -0.00810. The summed E-state index contributed by atoms with van der Waals surface area (Å²) in [6.45, 7) is 6.01. The molecule has 0 spiro atoms. The Bertz CT molecular complexity index is 947. The first-order chi connectivity index (χ1) is 13.0. The number of aromatic nitrogens is 1. The quantitative estimate of drug-likeness (QED) is 0.790. The molecule has 0 saturated heterocycles. The molecule has 2 atom stereocenters. The number of aryl methyl sites for hydroxylation is 2. The maximum Gasteiger partial charge on any atom is 0.246 e. The van der Waals surface area contributed by atoms with Gasteiger partial charge in [0.2, 0.25) is 11.8 Å².